The number of nitrogens with zero attached hydrogens (tertiary/aromatic N) is 3. The molecule has 1 aromatic heterocycles. The summed E-state index contributed by atoms with van der Waals surface area (Å²) in [6, 6.07) is 3.30. The average molecular weight is 689 g/mol. The fourth-order valence-corrected chi connectivity index (χ4v) is 6.88. The number of halogens is 1. The molecule has 0 radical (unpaired) electrons. The first-order chi connectivity index (χ1) is 23.4. The molecule has 11 nitrogen and oxygen atoms in total. The Bertz CT molecular complexity index is 1390. The van der Waals surface area contributed by atoms with E-state index in [-0.39, 0.29) is 29.6 Å². The summed E-state index contributed by atoms with van der Waals surface area (Å²) in [6.45, 7) is 10.6. The summed E-state index contributed by atoms with van der Waals surface area (Å²) in [6.07, 6.45) is 8.68. The van der Waals surface area contributed by atoms with Gasteiger partial charge in [-0.05, 0) is 89.5 Å². The topological polar surface area (TPSA) is 112 Å². The normalized spacial score (nSPS) is 18.4. The van der Waals surface area contributed by atoms with Crippen molar-refractivity contribution in [2.75, 3.05) is 53.7 Å². The fraction of sp³-hybridized carbons (Fsp3) is 0.703. The van der Waals surface area contributed by atoms with E-state index in [1.54, 1.807) is 47.9 Å². The summed E-state index contributed by atoms with van der Waals surface area (Å²) in [5, 5.41) is 4.04. The molecular formula is C37H57FN4O7. The van der Waals surface area contributed by atoms with E-state index in [1.807, 2.05) is 15.5 Å². The highest BCUT2D eigenvalue weighted by Crippen LogP contribution is 2.32. The van der Waals surface area contributed by atoms with Gasteiger partial charge in [-0.2, -0.15) is 0 Å². The first-order valence-corrected chi connectivity index (χ1v) is 17.9. The van der Waals surface area contributed by atoms with Crippen LogP contribution in [0.4, 0.5) is 9.18 Å². The highest BCUT2D eigenvalue weighted by atomic mass is 19.1. The number of ether oxygens (including phenoxy) is 4. The summed E-state index contributed by atoms with van der Waals surface area (Å²) in [5.74, 6) is -0.713. The minimum absolute atomic E-state index is 0.0285. The van der Waals surface area contributed by atoms with Crippen molar-refractivity contribution in [3.63, 3.8) is 0 Å². The van der Waals surface area contributed by atoms with E-state index in [9.17, 15) is 18.8 Å². The van der Waals surface area contributed by atoms with Gasteiger partial charge < -0.3 is 33.7 Å². The van der Waals surface area contributed by atoms with Crippen LogP contribution in [0.5, 0.6) is 0 Å². The Morgan fingerprint density at radius 2 is 1.69 bits per heavy atom. The van der Waals surface area contributed by atoms with Gasteiger partial charge >= 0.3 is 6.09 Å². The molecule has 274 valence electrons. The van der Waals surface area contributed by atoms with Crippen LogP contribution in [-0.4, -0.2) is 110 Å². The van der Waals surface area contributed by atoms with Crippen molar-refractivity contribution in [3.8, 4) is 0 Å². The Balaban J connectivity index is 1.46. The largest absolute Gasteiger partial charge is 0.444 e. The Morgan fingerprint density at radius 1 is 1.00 bits per heavy atom. The van der Waals surface area contributed by atoms with E-state index in [4.69, 9.17) is 18.9 Å². The Hall–Kier alpha value is -3.22. The Labute approximate surface area is 290 Å². The van der Waals surface area contributed by atoms with Crippen LogP contribution in [0.1, 0.15) is 78.2 Å². The van der Waals surface area contributed by atoms with Crippen LogP contribution in [-0.2, 0) is 41.5 Å². The predicted molar refractivity (Wildman–Crippen MR) is 186 cm³/mol. The minimum Gasteiger partial charge on any atom is -0.444 e. The van der Waals surface area contributed by atoms with Crippen LogP contribution in [0, 0.1) is 11.7 Å². The van der Waals surface area contributed by atoms with Crippen molar-refractivity contribution in [3.05, 3.63) is 35.8 Å². The molecule has 0 bridgehead atoms. The number of carbonyl (C=O) groups is 3. The van der Waals surface area contributed by atoms with Crippen LogP contribution in [0.2, 0.25) is 0 Å². The summed E-state index contributed by atoms with van der Waals surface area (Å²) in [7, 11) is 3.17. The van der Waals surface area contributed by atoms with Gasteiger partial charge in [-0.15, -0.1) is 0 Å². The maximum atomic E-state index is 14.4. The first-order valence-electron chi connectivity index (χ1n) is 17.9. The zero-order chi connectivity index (χ0) is 35.6. The lowest BCUT2D eigenvalue weighted by Crippen LogP contribution is -2.57. The molecule has 0 spiro atoms. The summed E-state index contributed by atoms with van der Waals surface area (Å²) in [4.78, 5) is 43.9. The molecule has 1 saturated carbocycles. The number of rotatable bonds is 16. The van der Waals surface area contributed by atoms with E-state index in [0.29, 0.717) is 52.5 Å². The Kier molecular flexibility index (Phi) is 14.3. The van der Waals surface area contributed by atoms with Crippen LogP contribution in [0.3, 0.4) is 0 Å². The SMILES string of the molecule is COCCOCCOCCn1cc(CC2CCCN2C(=O)C(NC(=O)C(C)N(C)C(=O)OC(C)(C)C)C2CCCCC2)c2ccc(F)cc21. The Morgan fingerprint density at radius 3 is 2.39 bits per heavy atom. The molecular weight excluding hydrogens is 631 g/mol. The van der Waals surface area contributed by atoms with Crippen LogP contribution >= 0.6 is 0 Å². The molecule has 1 saturated heterocycles. The van der Waals surface area contributed by atoms with Crippen LogP contribution < -0.4 is 5.32 Å². The predicted octanol–water partition coefficient (Wildman–Crippen LogP) is 5.31. The second-order valence-corrected chi connectivity index (χ2v) is 14.4. The zero-order valence-corrected chi connectivity index (χ0v) is 30.3. The fourth-order valence-electron chi connectivity index (χ4n) is 6.88. The number of carbonyl (C=O) groups excluding carboxylic acids is 3. The van der Waals surface area contributed by atoms with E-state index in [1.165, 1.54) is 11.0 Å². The van der Waals surface area contributed by atoms with Crippen molar-refractivity contribution in [2.45, 2.75) is 109 Å². The van der Waals surface area contributed by atoms with Crippen molar-refractivity contribution >= 4 is 28.8 Å². The first kappa shape index (κ1) is 38.6. The summed E-state index contributed by atoms with van der Waals surface area (Å²) < 4.78 is 38.1. The van der Waals surface area contributed by atoms with Crippen LogP contribution in [0.15, 0.2) is 24.4 Å². The molecule has 12 heteroatoms. The quantitative estimate of drug-likeness (QED) is 0.238. The summed E-state index contributed by atoms with van der Waals surface area (Å²) >= 11 is 0. The van der Waals surface area contributed by atoms with Gasteiger partial charge in [0, 0.05) is 44.9 Å². The van der Waals surface area contributed by atoms with Crippen molar-refractivity contribution in [1.82, 2.24) is 19.7 Å². The lowest BCUT2D eigenvalue weighted by molar-refractivity contribution is -0.140. The van der Waals surface area contributed by atoms with Gasteiger partial charge in [0.1, 0.15) is 23.5 Å². The lowest BCUT2D eigenvalue weighted by Gasteiger charge is -2.36. The molecule has 4 rings (SSSR count). The summed E-state index contributed by atoms with van der Waals surface area (Å²) in [5.41, 5.74) is 1.15. The van der Waals surface area contributed by atoms with E-state index in [0.717, 1.165) is 61.4 Å². The molecule has 1 N–H and O–H groups in total. The molecule has 1 aliphatic carbocycles. The highest BCUT2D eigenvalue weighted by molar-refractivity contribution is 5.91. The maximum Gasteiger partial charge on any atom is 0.410 e. The zero-order valence-electron chi connectivity index (χ0n) is 30.3. The highest BCUT2D eigenvalue weighted by Gasteiger charge is 2.40. The minimum atomic E-state index is -0.818. The van der Waals surface area contributed by atoms with Crippen molar-refractivity contribution in [2.24, 2.45) is 5.92 Å². The van der Waals surface area contributed by atoms with Gasteiger partial charge in [-0.3, -0.25) is 14.5 Å². The second-order valence-electron chi connectivity index (χ2n) is 14.4. The molecule has 2 aliphatic rings. The number of methoxy groups -OCH3 is 1. The number of hydrogen-bond donors (Lipinski definition) is 1. The molecule has 49 heavy (non-hydrogen) atoms. The maximum absolute atomic E-state index is 14.4. The number of fused-ring (bicyclic) bond motifs is 1. The van der Waals surface area contributed by atoms with Gasteiger partial charge in [0.25, 0.3) is 0 Å². The van der Waals surface area contributed by atoms with Gasteiger partial charge in [0.05, 0.1) is 38.6 Å². The molecule has 3 atom stereocenters. The van der Waals surface area contributed by atoms with Gasteiger partial charge in [-0.25, -0.2) is 9.18 Å². The van der Waals surface area contributed by atoms with E-state index >= 15 is 0 Å². The van der Waals surface area contributed by atoms with E-state index < -0.39 is 23.8 Å². The van der Waals surface area contributed by atoms with Crippen LogP contribution in [0.25, 0.3) is 10.9 Å². The third-order valence-corrected chi connectivity index (χ3v) is 9.65. The number of likely N-dealkylation sites (N-methyl/N-ethyl adjacent to an activating group) is 1. The number of hydrogen-bond acceptors (Lipinski definition) is 7. The third kappa shape index (κ3) is 10.9. The molecule has 3 amide bonds. The van der Waals surface area contributed by atoms with Crippen molar-refractivity contribution in [1.29, 1.82) is 0 Å². The molecule has 3 unspecified atom stereocenters. The standard InChI is InChI=1S/C37H57FN4O7/c1-26(40(5)36(45)49-37(2,3)4)34(43)39-33(27-11-8-7-9-12-27)35(44)42-16-10-13-30(42)23-28-25-41(32-24-29(38)14-15-31(28)32)17-18-47-21-22-48-20-19-46-6/h14-15,24-27,30,33H,7-13,16-23H2,1-6H3,(H,39,43). The monoisotopic (exact) mass is 688 g/mol. The number of likely N-dealkylation sites (tertiary alicyclic amines) is 1. The molecule has 1 aliphatic heterocycles. The molecule has 1 aromatic carbocycles. The van der Waals surface area contributed by atoms with Gasteiger partial charge in [0.2, 0.25) is 11.8 Å². The number of benzene rings is 1. The third-order valence-electron chi connectivity index (χ3n) is 9.65. The van der Waals surface area contributed by atoms with E-state index in [2.05, 4.69) is 11.5 Å². The molecule has 2 aromatic rings. The van der Waals surface area contributed by atoms with Gasteiger partial charge in [-0.1, -0.05) is 19.3 Å². The van der Waals surface area contributed by atoms with Gasteiger partial charge in [0.15, 0.2) is 0 Å². The van der Waals surface area contributed by atoms with Crippen molar-refractivity contribution < 1.29 is 37.7 Å². The number of amides is 3. The molecule has 2 fully saturated rings. The average Bonchev–Trinajstić information content (AvgIpc) is 3.67. The lowest BCUT2D eigenvalue weighted by atomic mass is 9.83. The second kappa shape index (κ2) is 18.1. The number of nitrogens with one attached hydrogen (secondary N) is 1. The molecule has 2 heterocycles. The smallest absolute Gasteiger partial charge is 0.410 e. The number of aromatic nitrogens is 1.